The van der Waals surface area contributed by atoms with Crippen LogP contribution in [0.1, 0.15) is 49.9 Å². The Bertz CT molecular complexity index is 352. The van der Waals surface area contributed by atoms with E-state index in [4.69, 9.17) is 0 Å². The van der Waals surface area contributed by atoms with Crippen molar-refractivity contribution in [1.82, 2.24) is 5.32 Å². The molecule has 1 unspecified atom stereocenters. The maximum atomic E-state index is 3.47. The molecule has 1 nitrogen and oxygen atoms in total. The zero-order valence-electron chi connectivity index (χ0n) is 11.5. The zero-order valence-corrected chi connectivity index (χ0v) is 11.5. The Morgan fingerprint density at radius 1 is 1.25 bits per heavy atom. The Labute approximate surface area is 100 Å². The van der Waals surface area contributed by atoms with Crippen LogP contribution in [-0.2, 0) is 0 Å². The lowest BCUT2D eigenvalue weighted by Crippen LogP contribution is -2.32. The predicted octanol–water partition coefficient (Wildman–Crippen LogP) is 4.00. The molecule has 0 amide bonds. The fraction of sp³-hybridized carbons (Fsp3) is 0.600. The molecule has 0 aliphatic carbocycles. The highest BCUT2D eigenvalue weighted by atomic mass is 14.9. The average Bonchev–Trinajstić information content (AvgIpc) is 2.22. The monoisotopic (exact) mass is 219 g/mol. The molecular weight excluding hydrogens is 194 g/mol. The van der Waals surface area contributed by atoms with Crippen molar-refractivity contribution in [2.45, 2.75) is 47.1 Å². The molecule has 0 radical (unpaired) electrons. The molecule has 0 bridgehead atoms. The SMILES string of the molecule is CCC(C)(C)C(NC)c1ccc(C)cc1C. The van der Waals surface area contributed by atoms with E-state index in [0.717, 1.165) is 0 Å². The summed E-state index contributed by atoms with van der Waals surface area (Å²) in [6.07, 6.45) is 1.17. The third kappa shape index (κ3) is 2.65. The van der Waals surface area contributed by atoms with Gasteiger partial charge in [-0.2, -0.15) is 0 Å². The first-order valence-corrected chi connectivity index (χ1v) is 6.16. The summed E-state index contributed by atoms with van der Waals surface area (Å²) in [4.78, 5) is 0. The molecule has 1 N–H and O–H groups in total. The molecule has 0 heterocycles. The van der Waals surface area contributed by atoms with Crippen LogP contribution in [0.2, 0.25) is 0 Å². The highest BCUT2D eigenvalue weighted by Gasteiger charge is 2.28. The molecule has 1 heteroatoms. The Morgan fingerprint density at radius 2 is 1.88 bits per heavy atom. The van der Waals surface area contributed by atoms with Crippen molar-refractivity contribution in [2.75, 3.05) is 7.05 Å². The smallest absolute Gasteiger partial charge is 0.0371 e. The minimum atomic E-state index is 0.286. The molecule has 0 spiro atoms. The second-order valence-electron chi connectivity index (χ2n) is 5.42. The molecule has 1 aromatic rings. The van der Waals surface area contributed by atoms with Gasteiger partial charge in [0, 0.05) is 6.04 Å². The van der Waals surface area contributed by atoms with Crippen LogP contribution in [0.15, 0.2) is 18.2 Å². The molecule has 0 aromatic heterocycles. The van der Waals surface area contributed by atoms with Gasteiger partial charge in [-0.15, -0.1) is 0 Å². The summed E-state index contributed by atoms with van der Waals surface area (Å²) in [5, 5.41) is 3.47. The highest BCUT2D eigenvalue weighted by Crippen LogP contribution is 2.37. The lowest BCUT2D eigenvalue weighted by Gasteiger charge is -2.34. The number of aryl methyl sites for hydroxylation is 2. The number of hydrogen-bond acceptors (Lipinski definition) is 1. The van der Waals surface area contributed by atoms with Crippen LogP contribution in [0.25, 0.3) is 0 Å². The molecule has 0 saturated carbocycles. The van der Waals surface area contributed by atoms with Crippen molar-refractivity contribution in [3.63, 3.8) is 0 Å². The topological polar surface area (TPSA) is 12.0 Å². The summed E-state index contributed by atoms with van der Waals surface area (Å²) in [6, 6.07) is 7.17. The second kappa shape index (κ2) is 5.01. The fourth-order valence-electron chi connectivity index (χ4n) is 2.32. The minimum absolute atomic E-state index is 0.286. The second-order valence-corrected chi connectivity index (χ2v) is 5.42. The van der Waals surface area contributed by atoms with Crippen molar-refractivity contribution >= 4 is 0 Å². The number of nitrogens with one attached hydrogen (secondary N) is 1. The third-order valence-electron chi connectivity index (χ3n) is 3.72. The summed E-state index contributed by atoms with van der Waals surface area (Å²) < 4.78 is 0. The van der Waals surface area contributed by atoms with E-state index >= 15 is 0 Å². The maximum absolute atomic E-state index is 3.47. The maximum Gasteiger partial charge on any atom is 0.0371 e. The van der Waals surface area contributed by atoms with Crippen LogP contribution in [0.3, 0.4) is 0 Å². The Morgan fingerprint density at radius 3 is 2.31 bits per heavy atom. The zero-order chi connectivity index (χ0) is 12.3. The first-order chi connectivity index (χ1) is 7.42. The Kier molecular flexibility index (Phi) is 4.15. The van der Waals surface area contributed by atoms with Gasteiger partial charge in [-0.1, -0.05) is 44.5 Å². The molecule has 16 heavy (non-hydrogen) atoms. The molecule has 90 valence electrons. The van der Waals surface area contributed by atoms with Gasteiger partial charge in [0.25, 0.3) is 0 Å². The summed E-state index contributed by atoms with van der Waals surface area (Å²) in [5.74, 6) is 0. The first-order valence-electron chi connectivity index (χ1n) is 6.16. The van der Waals surface area contributed by atoms with Gasteiger partial charge in [-0.05, 0) is 43.9 Å². The van der Waals surface area contributed by atoms with Gasteiger partial charge in [-0.25, -0.2) is 0 Å². The summed E-state index contributed by atoms with van der Waals surface area (Å²) in [5.41, 5.74) is 4.45. The molecule has 0 fully saturated rings. The summed E-state index contributed by atoms with van der Waals surface area (Å²) in [7, 11) is 2.06. The van der Waals surface area contributed by atoms with E-state index in [2.05, 4.69) is 65.2 Å². The molecule has 0 aliphatic heterocycles. The van der Waals surface area contributed by atoms with Crippen molar-refractivity contribution in [3.8, 4) is 0 Å². The van der Waals surface area contributed by atoms with E-state index in [1.54, 1.807) is 0 Å². The van der Waals surface area contributed by atoms with Crippen LogP contribution in [-0.4, -0.2) is 7.05 Å². The minimum Gasteiger partial charge on any atom is -0.313 e. The molecular formula is C15H25N. The van der Waals surface area contributed by atoms with Crippen molar-refractivity contribution in [3.05, 3.63) is 34.9 Å². The summed E-state index contributed by atoms with van der Waals surface area (Å²) >= 11 is 0. The van der Waals surface area contributed by atoms with Gasteiger partial charge >= 0.3 is 0 Å². The fourth-order valence-corrected chi connectivity index (χ4v) is 2.32. The molecule has 1 atom stereocenters. The number of hydrogen-bond donors (Lipinski definition) is 1. The molecule has 0 aliphatic rings. The van der Waals surface area contributed by atoms with Crippen LogP contribution < -0.4 is 5.32 Å². The highest BCUT2D eigenvalue weighted by molar-refractivity contribution is 5.33. The molecule has 1 aromatic carbocycles. The predicted molar refractivity (Wildman–Crippen MR) is 71.8 cm³/mol. The van der Waals surface area contributed by atoms with E-state index < -0.39 is 0 Å². The first kappa shape index (κ1) is 13.2. The number of benzene rings is 1. The van der Waals surface area contributed by atoms with E-state index in [1.807, 2.05) is 0 Å². The van der Waals surface area contributed by atoms with Gasteiger partial charge in [0.05, 0.1) is 0 Å². The van der Waals surface area contributed by atoms with E-state index in [-0.39, 0.29) is 5.41 Å². The van der Waals surface area contributed by atoms with Crippen molar-refractivity contribution in [2.24, 2.45) is 5.41 Å². The van der Waals surface area contributed by atoms with Crippen molar-refractivity contribution < 1.29 is 0 Å². The van der Waals surface area contributed by atoms with Crippen LogP contribution >= 0.6 is 0 Å². The standard InChI is InChI=1S/C15H25N/c1-7-15(4,5)14(16-6)13-9-8-11(2)10-12(13)3/h8-10,14,16H,7H2,1-6H3. The van der Waals surface area contributed by atoms with Crippen LogP contribution in [0, 0.1) is 19.3 Å². The summed E-state index contributed by atoms with van der Waals surface area (Å²) in [6.45, 7) is 11.3. The molecule has 1 rings (SSSR count). The van der Waals surface area contributed by atoms with Gasteiger partial charge in [0.15, 0.2) is 0 Å². The van der Waals surface area contributed by atoms with Gasteiger partial charge in [0.1, 0.15) is 0 Å². The van der Waals surface area contributed by atoms with E-state index in [1.165, 1.54) is 23.1 Å². The Hall–Kier alpha value is -0.820. The van der Waals surface area contributed by atoms with Gasteiger partial charge in [-0.3, -0.25) is 0 Å². The lowest BCUT2D eigenvalue weighted by molar-refractivity contribution is 0.244. The van der Waals surface area contributed by atoms with Gasteiger partial charge in [0.2, 0.25) is 0 Å². The van der Waals surface area contributed by atoms with Crippen LogP contribution in [0.4, 0.5) is 0 Å². The number of rotatable bonds is 4. The van der Waals surface area contributed by atoms with Gasteiger partial charge < -0.3 is 5.32 Å². The third-order valence-corrected chi connectivity index (χ3v) is 3.72. The molecule has 0 saturated heterocycles. The van der Waals surface area contributed by atoms with Crippen LogP contribution in [0.5, 0.6) is 0 Å². The lowest BCUT2D eigenvalue weighted by atomic mass is 9.77. The quantitative estimate of drug-likeness (QED) is 0.807. The Balaban J connectivity index is 3.14. The van der Waals surface area contributed by atoms with E-state index in [0.29, 0.717) is 6.04 Å². The largest absolute Gasteiger partial charge is 0.313 e. The van der Waals surface area contributed by atoms with E-state index in [9.17, 15) is 0 Å². The normalized spacial score (nSPS) is 13.9. The average molecular weight is 219 g/mol. The van der Waals surface area contributed by atoms with Crippen molar-refractivity contribution in [1.29, 1.82) is 0 Å².